The number of hydrogen-bond acceptors (Lipinski definition) is 1. The zero-order valence-electron chi connectivity index (χ0n) is 16.9. The predicted octanol–water partition coefficient (Wildman–Crippen LogP) is 6.42. The van der Waals surface area contributed by atoms with Crippen LogP contribution in [0.2, 0.25) is 0 Å². The number of carboxylic acids is 1. The molecule has 0 bridgehead atoms. The van der Waals surface area contributed by atoms with E-state index in [2.05, 4.69) is 66.7 Å². The largest absolute Gasteiger partial charge is 0.478 e. The Morgan fingerprint density at radius 1 is 0.960 bits per heavy atom. The second-order valence-corrected chi connectivity index (χ2v) is 8.03. The van der Waals surface area contributed by atoms with E-state index in [0.717, 1.165) is 11.1 Å². The van der Waals surface area contributed by atoms with E-state index in [1.165, 1.54) is 16.7 Å². The van der Waals surface area contributed by atoms with Crippen molar-refractivity contribution in [2.75, 3.05) is 0 Å². The molecule has 0 atom stereocenters. The van der Waals surface area contributed by atoms with Gasteiger partial charge in [-0.15, -0.1) is 0 Å². The molecule has 2 heteroatoms. The molecule has 136 valence electrons. The Kier molecular flexibility index (Phi) is 6.98. The van der Waals surface area contributed by atoms with Crippen LogP contribution >= 0.6 is 0 Å². The average molecular weight is 341 g/mol. The van der Waals surface area contributed by atoms with Crippen LogP contribution < -0.4 is 0 Å². The van der Waals surface area contributed by atoms with Crippen molar-refractivity contribution >= 4 is 5.97 Å². The molecule has 0 saturated carbocycles. The molecule has 0 radical (unpaired) electrons. The van der Waals surface area contributed by atoms with Crippen LogP contribution in [-0.2, 0) is 5.41 Å². The van der Waals surface area contributed by atoms with Crippen LogP contribution in [0.1, 0.15) is 78.7 Å². The molecular formula is C23H32O2. The van der Waals surface area contributed by atoms with Crippen molar-refractivity contribution < 1.29 is 9.90 Å². The first-order chi connectivity index (χ1) is 11.4. The van der Waals surface area contributed by atoms with E-state index in [0.29, 0.717) is 11.5 Å². The third-order valence-electron chi connectivity index (χ3n) is 4.56. The minimum Gasteiger partial charge on any atom is -0.478 e. The highest BCUT2D eigenvalue weighted by molar-refractivity contribution is 5.88. The topological polar surface area (TPSA) is 37.3 Å². The van der Waals surface area contributed by atoms with Gasteiger partial charge in [-0.25, -0.2) is 4.79 Å². The lowest BCUT2D eigenvalue weighted by Gasteiger charge is -2.21. The van der Waals surface area contributed by atoms with E-state index < -0.39 is 5.97 Å². The number of aryl methyl sites for hydroxylation is 2. The van der Waals surface area contributed by atoms with E-state index in [4.69, 9.17) is 5.11 Å². The lowest BCUT2D eigenvalue weighted by Crippen LogP contribution is -2.14. The molecule has 2 aromatic rings. The van der Waals surface area contributed by atoms with Gasteiger partial charge < -0.3 is 5.11 Å². The van der Waals surface area contributed by atoms with E-state index >= 15 is 0 Å². The van der Waals surface area contributed by atoms with E-state index in [9.17, 15) is 4.79 Å². The Balaban J connectivity index is 0.000000257. The fraction of sp³-hybridized carbons (Fsp3) is 0.435. The Labute approximate surface area is 152 Å². The van der Waals surface area contributed by atoms with Gasteiger partial charge in [0.15, 0.2) is 0 Å². The number of carbonyl (C=O) groups is 1. The summed E-state index contributed by atoms with van der Waals surface area (Å²) in [5.41, 5.74) is 6.92. The van der Waals surface area contributed by atoms with Crippen molar-refractivity contribution in [3.8, 4) is 0 Å². The maximum Gasteiger partial charge on any atom is 0.335 e. The molecule has 0 aromatic heterocycles. The fourth-order valence-corrected chi connectivity index (χ4v) is 2.96. The Morgan fingerprint density at radius 3 is 2.00 bits per heavy atom. The summed E-state index contributed by atoms with van der Waals surface area (Å²) in [6.07, 6.45) is 0. The molecule has 0 heterocycles. The van der Waals surface area contributed by atoms with Crippen molar-refractivity contribution in [3.63, 3.8) is 0 Å². The predicted molar refractivity (Wildman–Crippen MR) is 107 cm³/mol. The van der Waals surface area contributed by atoms with Gasteiger partial charge in [0.1, 0.15) is 0 Å². The molecular weight excluding hydrogens is 308 g/mol. The van der Waals surface area contributed by atoms with Crippen LogP contribution in [0.5, 0.6) is 0 Å². The first kappa shape index (κ1) is 21.0. The van der Waals surface area contributed by atoms with Gasteiger partial charge in [-0.1, -0.05) is 58.9 Å². The molecule has 0 spiro atoms. The molecule has 0 unspecified atom stereocenters. The zero-order chi connectivity index (χ0) is 19.4. The number of carboxylic acid groups (broad SMARTS) is 1. The number of benzene rings is 2. The lowest BCUT2D eigenvalue weighted by molar-refractivity contribution is 0.0696. The first-order valence-corrected chi connectivity index (χ1v) is 8.85. The summed E-state index contributed by atoms with van der Waals surface area (Å²) in [4.78, 5) is 10.8. The Bertz CT molecular complexity index is 734. The molecule has 2 aromatic carbocycles. The van der Waals surface area contributed by atoms with Gasteiger partial charge in [0.05, 0.1) is 5.56 Å². The minimum absolute atomic E-state index is 0.00442. The summed E-state index contributed by atoms with van der Waals surface area (Å²) in [6, 6.07) is 11.8. The molecule has 0 aliphatic rings. The van der Waals surface area contributed by atoms with Gasteiger partial charge >= 0.3 is 5.97 Å². The molecule has 25 heavy (non-hydrogen) atoms. The van der Waals surface area contributed by atoms with Gasteiger partial charge in [0, 0.05) is 0 Å². The van der Waals surface area contributed by atoms with Crippen LogP contribution in [0.4, 0.5) is 0 Å². The molecule has 0 aliphatic heterocycles. The highest BCUT2D eigenvalue weighted by Crippen LogP contribution is 2.26. The van der Waals surface area contributed by atoms with Gasteiger partial charge in [-0.2, -0.15) is 0 Å². The van der Waals surface area contributed by atoms with Gasteiger partial charge in [0.25, 0.3) is 0 Å². The normalized spacial score (nSPS) is 11.1. The third kappa shape index (κ3) is 5.74. The molecule has 2 rings (SSSR count). The van der Waals surface area contributed by atoms with E-state index in [1.807, 2.05) is 13.0 Å². The van der Waals surface area contributed by atoms with Crippen molar-refractivity contribution in [1.29, 1.82) is 0 Å². The summed E-state index contributed by atoms with van der Waals surface area (Å²) >= 11 is 0. The third-order valence-corrected chi connectivity index (χ3v) is 4.56. The average Bonchev–Trinajstić information content (AvgIpc) is 2.49. The fourth-order valence-electron chi connectivity index (χ4n) is 2.96. The second kappa shape index (κ2) is 8.33. The monoisotopic (exact) mass is 340 g/mol. The first-order valence-electron chi connectivity index (χ1n) is 8.85. The van der Waals surface area contributed by atoms with E-state index in [-0.39, 0.29) is 5.41 Å². The summed E-state index contributed by atoms with van der Waals surface area (Å²) in [6.45, 7) is 17.1. The van der Waals surface area contributed by atoms with Gasteiger partial charge in [0.2, 0.25) is 0 Å². The number of hydrogen-bond donors (Lipinski definition) is 1. The summed E-state index contributed by atoms with van der Waals surface area (Å²) < 4.78 is 0. The van der Waals surface area contributed by atoms with Crippen LogP contribution in [0.15, 0.2) is 36.4 Å². The summed E-state index contributed by atoms with van der Waals surface area (Å²) in [5, 5.41) is 8.87. The van der Waals surface area contributed by atoms with Crippen molar-refractivity contribution in [2.45, 2.75) is 66.7 Å². The van der Waals surface area contributed by atoms with E-state index in [1.54, 1.807) is 12.1 Å². The van der Waals surface area contributed by atoms with Crippen LogP contribution in [0.25, 0.3) is 0 Å². The maximum atomic E-state index is 10.8. The molecule has 2 nitrogen and oxygen atoms in total. The molecule has 0 saturated heterocycles. The Morgan fingerprint density at radius 2 is 1.56 bits per heavy atom. The lowest BCUT2D eigenvalue weighted by atomic mass is 9.83. The standard InChI is InChI=1S/C12H16O2.C11H16/c1-8-5-6-9(11(13)14)7-10(8)12(2,3)4;1-8(2)11-7-5-6-9(3)10(11)4/h5-7H,1-4H3,(H,13,14);5-8H,1-4H3. The van der Waals surface area contributed by atoms with Crippen LogP contribution in [0.3, 0.4) is 0 Å². The highest BCUT2D eigenvalue weighted by atomic mass is 16.4. The molecule has 0 fully saturated rings. The Hall–Kier alpha value is -2.09. The van der Waals surface area contributed by atoms with Crippen molar-refractivity contribution in [2.24, 2.45) is 0 Å². The van der Waals surface area contributed by atoms with Gasteiger partial charge in [-0.3, -0.25) is 0 Å². The smallest absolute Gasteiger partial charge is 0.335 e. The zero-order valence-corrected chi connectivity index (χ0v) is 16.9. The number of rotatable bonds is 2. The van der Waals surface area contributed by atoms with Crippen LogP contribution in [-0.4, -0.2) is 11.1 Å². The van der Waals surface area contributed by atoms with Crippen molar-refractivity contribution in [3.05, 3.63) is 69.8 Å². The quantitative estimate of drug-likeness (QED) is 0.685. The second-order valence-electron chi connectivity index (χ2n) is 8.03. The molecule has 0 aliphatic carbocycles. The molecule has 0 amide bonds. The van der Waals surface area contributed by atoms with Crippen LogP contribution in [0, 0.1) is 20.8 Å². The number of aromatic carboxylic acids is 1. The van der Waals surface area contributed by atoms with Gasteiger partial charge in [-0.05, 0) is 72.1 Å². The summed E-state index contributed by atoms with van der Waals surface area (Å²) in [5.74, 6) is -0.217. The SMILES string of the molecule is Cc1ccc(C(=O)O)cc1C(C)(C)C.Cc1cccc(C(C)C)c1C. The minimum atomic E-state index is -0.865. The van der Waals surface area contributed by atoms with Crippen molar-refractivity contribution in [1.82, 2.24) is 0 Å². The summed E-state index contributed by atoms with van der Waals surface area (Å²) in [7, 11) is 0. The molecule has 1 N–H and O–H groups in total. The highest BCUT2D eigenvalue weighted by Gasteiger charge is 2.17. The maximum absolute atomic E-state index is 10.8.